The first-order valence-electron chi connectivity index (χ1n) is 10.6. The number of nitrogens with zero attached hydrogens (tertiary/aromatic N) is 2. The van der Waals surface area contributed by atoms with Crippen molar-refractivity contribution < 1.29 is 14.3 Å². The monoisotopic (exact) mass is 456 g/mol. The molecule has 8 heteroatoms. The maximum atomic E-state index is 12.9. The smallest absolute Gasteiger partial charge is 0.411 e. The summed E-state index contributed by atoms with van der Waals surface area (Å²) in [7, 11) is 0. The minimum Gasteiger partial charge on any atom is -0.431 e. The molecule has 0 saturated carbocycles. The minimum absolute atomic E-state index is 0. The van der Waals surface area contributed by atoms with E-state index in [1.807, 2.05) is 60.7 Å². The lowest BCUT2D eigenvalue weighted by Crippen LogP contribution is -2.60. The molecule has 0 radical (unpaired) electrons. The fourth-order valence-corrected chi connectivity index (χ4v) is 4.41. The Hall–Kier alpha value is -3.03. The van der Waals surface area contributed by atoms with Crippen molar-refractivity contribution in [1.29, 1.82) is 0 Å². The molecule has 2 N–H and O–H groups in total. The summed E-state index contributed by atoms with van der Waals surface area (Å²) in [4.78, 5) is 29.2. The molecule has 2 aromatic rings. The number of fused-ring (bicyclic) bond motifs is 1. The number of piperazine rings is 1. The number of ether oxygens (including phenoxy) is 1. The third-order valence-electron chi connectivity index (χ3n) is 5.89. The Morgan fingerprint density at radius 3 is 2.28 bits per heavy atom. The fourth-order valence-electron chi connectivity index (χ4n) is 4.41. The molecule has 1 atom stereocenters. The van der Waals surface area contributed by atoms with E-state index in [-0.39, 0.29) is 30.6 Å². The van der Waals surface area contributed by atoms with Crippen LogP contribution in [0.25, 0.3) is 0 Å². The number of nitrogens with one attached hydrogen (secondary N) is 2. The van der Waals surface area contributed by atoms with Gasteiger partial charge in [-0.05, 0) is 0 Å². The summed E-state index contributed by atoms with van der Waals surface area (Å²) < 4.78 is 6.13. The van der Waals surface area contributed by atoms with E-state index in [9.17, 15) is 9.59 Å². The SMILES string of the molecule is C=CCNCCNC(=O)N1CCN2C(=O)OC(c3ccccc3)(c3ccccc3)C2C1.Cl. The minimum atomic E-state index is -0.968. The van der Waals surface area contributed by atoms with Crippen LogP contribution in [0, 0.1) is 0 Å². The van der Waals surface area contributed by atoms with Crippen molar-refractivity contribution >= 4 is 24.5 Å². The number of benzene rings is 2. The quantitative estimate of drug-likeness (QED) is 0.496. The molecule has 0 spiro atoms. The van der Waals surface area contributed by atoms with Crippen LogP contribution in [0.1, 0.15) is 11.1 Å². The normalized spacial score (nSPS) is 18.9. The number of cyclic esters (lactones) is 1. The van der Waals surface area contributed by atoms with Crippen LogP contribution in [0.3, 0.4) is 0 Å². The van der Waals surface area contributed by atoms with Gasteiger partial charge in [-0.3, -0.25) is 4.90 Å². The van der Waals surface area contributed by atoms with Gasteiger partial charge in [-0.25, -0.2) is 9.59 Å². The Bertz CT molecular complexity index is 886. The number of hydrogen-bond donors (Lipinski definition) is 2. The molecule has 2 saturated heterocycles. The van der Waals surface area contributed by atoms with Gasteiger partial charge in [0.05, 0.1) is 0 Å². The molecule has 4 rings (SSSR count). The molecule has 3 amide bonds. The topological polar surface area (TPSA) is 73.9 Å². The highest BCUT2D eigenvalue weighted by molar-refractivity contribution is 5.85. The van der Waals surface area contributed by atoms with Crippen molar-refractivity contribution in [3.63, 3.8) is 0 Å². The van der Waals surface area contributed by atoms with Crippen molar-refractivity contribution in [3.05, 3.63) is 84.4 Å². The first kappa shape index (κ1) is 23.6. The van der Waals surface area contributed by atoms with E-state index in [1.54, 1.807) is 15.9 Å². The van der Waals surface area contributed by atoms with Crippen molar-refractivity contribution in [1.82, 2.24) is 20.4 Å². The van der Waals surface area contributed by atoms with E-state index in [1.165, 1.54) is 0 Å². The van der Waals surface area contributed by atoms with E-state index in [2.05, 4.69) is 17.2 Å². The first-order valence-corrected chi connectivity index (χ1v) is 10.6. The Morgan fingerprint density at radius 2 is 1.69 bits per heavy atom. The van der Waals surface area contributed by atoms with Gasteiger partial charge < -0.3 is 20.3 Å². The number of carbonyl (C=O) groups excluding carboxylic acids is 2. The van der Waals surface area contributed by atoms with Crippen molar-refractivity contribution in [2.24, 2.45) is 0 Å². The summed E-state index contributed by atoms with van der Waals surface area (Å²) in [5.74, 6) is 0. The lowest BCUT2D eigenvalue weighted by Gasteiger charge is -2.42. The zero-order valence-corrected chi connectivity index (χ0v) is 18.7. The Morgan fingerprint density at radius 1 is 1.06 bits per heavy atom. The van der Waals surface area contributed by atoms with Crippen LogP contribution >= 0.6 is 12.4 Å². The highest BCUT2D eigenvalue weighted by Gasteiger charge is 2.58. The molecule has 170 valence electrons. The number of urea groups is 1. The zero-order chi connectivity index (χ0) is 21.7. The van der Waals surface area contributed by atoms with E-state index in [4.69, 9.17) is 4.74 Å². The van der Waals surface area contributed by atoms with Gasteiger partial charge in [0.2, 0.25) is 0 Å². The Balaban J connectivity index is 0.00000289. The van der Waals surface area contributed by atoms with E-state index in [0.29, 0.717) is 39.3 Å². The third-order valence-corrected chi connectivity index (χ3v) is 5.89. The molecule has 1 unspecified atom stereocenters. The largest absolute Gasteiger partial charge is 0.431 e. The molecule has 2 fully saturated rings. The predicted molar refractivity (Wildman–Crippen MR) is 126 cm³/mol. The van der Waals surface area contributed by atoms with Crippen molar-refractivity contribution in [3.8, 4) is 0 Å². The van der Waals surface area contributed by atoms with Gasteiger partial charge >= 0.3 is 12.1 Å². The van der Waals surface area contributed by atoms with Gasteiger partial charge in [0, 0.05) is 50.4 Å². The van der Waals surface area contributed by atoms with Crippen LogP contribution in [0.4, 0.5) is 9.59 Å². The van der Waals surface area contributed by atoms with Crippen LogP contribution in [0.15, 0.2) is 73.3 Å². The average Bonchev–Trinajstić information content (AvgIpc) is 3.13. The molecule has 2 aliphatic rings. The summed E-state index contributed by atoms with van der Waals surface area (Å²) in [6.45, 7) is 6.85. The maximum absolute atomic E-state index is 12.9. The molecule has 2 heterocycles. The molecule has 0 aromatic heterocycles. The maximum Gasteiger partial charge on any atom is 0.411 e. The molecule has 2 aliphatic heterocycles. The number of amides is 3. The van der Waals surface area contributed by atoms with Gasteiger partial charge in [-0.1, -0.05) is 66.7 Å². The van der Waals surface area contributed by atoms with E-state index < -0.39 is 5.60 Å². The second-order valence-corrected chi connectivity index (χ2v) is 7.72. The molecule has 0 bridgehead atoms. The summed E-state index contributed by atoms with van der Waals surface area (Å²) in [6.07, 6.45) is 1.44. The van der Waals surface area contributed by atoms with Gasteiger partial charge in [-0.15, -0.1) is 19.0 Å². The number of halogens is 1. The Kier molecular flexibility index (Phi) is 7.77. The fraction of sp³-hybridized carbons (Fsp3) is 0.333. The van der Waals surface area contributed by atoms with Crippen LogP contribution < -0.4 is 10.6 Å². The number of hydrogen-bond acceptors (Lipinski definition) is 4. The summed E-state index contributed by atoms with van der Waals surface area (Å²) in [6, 6.07) is 19.1. The number of rotatable bonds is 7. The highest BCUT2D eigenvalue weighted by atomic mass is 35.5. The first-order chi connectivity index (χ1) is 15.2. The molecular formula is C24H29ClN4O3. The number of carbonyl (C=O) groups is 2. The average molecular weight is 457 g/mol. The predicted octanol–water partition coefficient (Wildman–Crippen LogP) is 2.97. The van der Waals surface area contributed by atoms with Crippen LogP contribution in [-0.4, -0.2) is 67.2 Å². The second kappa shape index (κ2) is 10.5. The van der Waals surface area contributed by atoms with E-state index >= 15 is 0 Å². The molecule has 2 aromatic carbocycles. The van der Waals surface area contributed by atoms with Gasteiger partial charge in [0.1, 0.15) is 6.04 Å². The molecule has 7 nitrogen and oxygen atoms in total. The summed E-state index contributed by atoms with van der Waals surface area (Å²) in [5.41, 5.74) is 0.834. The zero-order valence-electron chi connectivity index (χ0n) is 17.9. The molecule has 0 aliphatic carbocycles. The van der Waals surface area contributed by atoms with Crippen LogP contribution in [-0.2, 0) is 10.3 Å². The standard InChI is InChI=1S/C24H28N4O3.ClH/c1-2-13-25-14-15-26-22(29)27-16-17-28-21(18-27)24(31-23(28)30,19-9-5-3-6-10-19)20-11-7-4-8-12-20;/h2-12,21,25H,1,13-18H2,(H,26,29);1H. The Labute approximate surface area is 194 Å². The lowest BCUT2D eigenvalue weighted by atomic mass is 9.79. The highest BCUT2D eigenvalue weighted by Crippen LogP contribution is 2.45. The second-order valence-electron chi connectivity index (χ2n) is 7.72. The molecular weight excluding hydrogens is 428 g/mol. The van der Waals surface area contributed by atoms with Gasteiger partial charge in [-0.2, -0.15) is 0 Å². The van der Waals surface area contributed by atoms with Crippen LogP contribution in [0.5, 0.6) is 0 Å². The van der Waals surface area contributed by atoms with Crippen molar-refractivity contribution in [2.75, 3.05) is 39.3 Å². The summed E-state index contributed by atoms with van der Waals surface area (Å²) >= 11 is 0. The van der Waals surface area contributed by atoms with Gasteiger partial charge in [0.25, 0.3) is 0 Å². The third kappa shape index (κ3) is 4.45. The molecule has 32 heavy (non-hydrogen) atoms. The van der Waals surface area contributed by atoms with E-state index in [0.717, 1.165) is 11.1 Å². The van der Waals surface area contributed by atoms with Crippen LogP contribution in [0.2, 0.25) is 0 Å². The van der Waals surface area contributed by atoms with Gasteiger partial charge in [0.15, 0.2) is 5.60 Å². The van der Waals surface area contributed by atoms with Crippen molar-refractivity contribution in [2.45, 2.75) is 11.6 Å². The lowest BCUT2D eigenvalue weighted by molar-refractivity contribution is 0.0512. The summed E-state index contributed by atoms with van der Waals surface area (Å²) in [5, 5.41) is 6.12.